The SMILES string of the molecule is C=CC[C@H]1CC=C[C@H](CCCC)N1Cc1nc(CC2CC2)no1. The van der Waals surface area contributed by atoms with Crippen LogP contribution in [0.2, 0.25) is 0 Å². The molecule has 0 spiro atoms. The minimum atomic E-state index is 0.479. The molecule has 2 aliphatic rings. The smallest absolute Gasteiger partial charge is 0.240 e. The first kappa shape index (κ1) is 16.4. The summed E-state index contributed by atoms with van der Waals surface area (Å²) in [4.78, 5) is 7.16. The van der Waals surface area contributed by atoms with Gasteiger partial charge in [0.15, 0.2) is 5.82 Å². The van der Waals surface area contributed by atoms with E-state index < -0.39 is 0 Å². The molecule has 2 atom stereocenters. The Morgan fingerprint density at radius 3 is 3.04 bits per heavy atom. The fraction of sp³-hybridized carbons (Fsp3) is 0.684. The molecule has 3 rings (SSSR count). The lowest BCUT2D eigenvalue weighted by molar-refractivity contribution is 0.117. The minimum Gasteiger partial charge on any atom is -0.338 e. The van der Waals surface area contributed by atoms with Crippen LogP contribution in [0.4, 0.5) is 0 Å². The van der Waals surface area contributed by atoms with Crippen LogP contribution in [-0.2, 0) is 13.0 Å². The van der Waals surface area contributed by atoms with Crippen LogP contribution in [0.1, 0.15) is 63.6 Å². The van der Waals surface area contributed by atoms with Crippen LogP contribution in [0.15, 0.2) is 29.3 Å². The first-order valence-electron chi connectivity index (χ1n) is 9.15. The predicted molar refractivity (Wildman–Crippen MR) is 91.9 cm³/mol. The maximum atomic E-state index is 5.52. The fourth-order valence-corrected chi connectivity index (χ4v) is 3.43. The van der Waals surface area contributed by atoms with Crippen molar-refractivity contribution in [2.45, 2.75) is 76.9 Å². The summed E-state index contributed by atoms with van der Waals surface area (Å²) in [5.41, 5.74) is 0. The summed E-state index contributed by atoms with van der Waals surface area (Å²) >= 11 is 0. The van der Waals surface area contributed by atoms with Crippen molar-refractivity contribution < 1.29 is 4.52 Å². The quantitative estimate of drug-likeness (QED) is 0.638. The number of aromatic nitrogens is 2. The summed E-state index contributed by atoms with van der Waals surface area (Å²) < 4.78 is 5.52. The summed E-state index contributed by atoms with van der Waals surface area (Å²) in [7, 11) is 0. The van der Waals surface area contributed by atoms with Gasteiger partial charge in [0.2, 0.25) is 5.89 Å². The molecule has 0 N–H and O–H groups in total. The van der Waals surface area contributed by atoms with E-state index in [4.69, 9.17) is 4.52 Å². The van der Waals surface area contributed by atoms with E-state index in [0.29, 0.717) is 12.1 Å². The van der Waals surface area contributed by atoms with Gasteiger partial charge in [-0.15, -0.1) is 6.58 Å². The molecule has 1 fully saturated rings. The topological polar surface area (TPSA) is 42.2 Å². The number of rotatable bonds is 9. The van der Waals surface area contributed by atoms with E-state index in [-0.39, 0.29) is 0 Å². The molecule has 1 aromatic rings. The third kappa shape index (κ3) is 4.54. The zero-order valence-electron chi connectivity index (χ0n) is 14.3. The molecule has 0 unspecified atom stereocenters. The second-order valence-electron chi connectivity index (χ2n) is 6.98. The van der Waals surface area contributed by atoms with Gasteiger partial charge < -0.3 is 4.52 Å². The Bertz CT molecular complexity index is 532. The highest BCUT2D eigenvalue weighted by Gasteiger charge is 2.29. The second-order valence-corrected chi connectivity index (χ2v) is 6.98. The standard InChI is InChI=1S/C19H29N3O/c1-3-5-8-17-10-6-9-16(7-4-2)22(17)14-19-20-18(21-23-19)13-15-11-12-15/h4,6,10,15-17H,2-3,5,7-9,11-14H2,1H3/t16-,17-/m0/s1. The number of unbranched alkanes of at least 4 members (excludes halogenated alkanes) is 1. The van der Waals surface area contributed by atoms with Crippen molar-refractivity contribution in [2.75, 3.05) is 0 Å². The Balaban J connectivity index is 1.67. The Hall–Kier alpha value is -1.42. The van der Waals surface area contributed by atoms with Gasteiger partial charge in [-0.3, -0.25) is 4.90 Å². The van der Waals surface area contributed by atoms with Crippen molar-refractivity contribution in [1.82, 2.24) is 15.0 Å². The molecule has 4 nitrogen and oxygen atoms in total. The molecule has 4 heteroatoms. The molecule has 2 heterocycles. The number of hydrogen-bond acceptors (Lipinski definition) is 4. The molecule has 1 saturated carbocycles. The molecule has 0 aromatic carbocycles. The van der Waals surface area contributed by atoms with Crippen molar-refractivity contribution in [3.63, 3.8) is 0 Å². The fourth-order valence-electron chi connectivity index (χ4n) is 3.43. The Labute approximate surface area is 139 Å². The lowest BCUT2D eigenvalue weighted by Crippen LogP contribution is -2.43. The van der Waals surface area contributed by atoms with Crippen LogP contribution >= 0.6 is 0 Å². The molecule has 1 aromatic heterocycles. The Morgan fingerprint density at radius 2 is 2.30 bits per heavy atom. The maximum absolute atomic E-state index is 5.52. The van der Waals surface area contributed by atoms with Gasteiger partial charge in [-0.05, 0) is 38.0 Å². The predicted octanol–water partition coefficient (Wildman–Crippen LogP) is 4.29. The highest BCUT2D eigenvalue weighted by Crippen LogP contribution is 2.32. The summed E-state index contributed by atoms with van der Waals surface area (Å²) in [6, 6.07) is 0.977. The van der Waals surface area contributed by atoms with Gasteiger partial charge in [0.1, 0.15) is 0 Å². The molecule has 0 radical (unpaired) electrons. The van der Waals surface area contributed by atoms with Gasteiger partial charge in [0.05, 0.1) is 6.54 Å². The average molecular weight is 315 g/mol. The number of hydrogen-bond donors (Lipinski definition) is 0. The molecule has 1 aliphatic carbocycles. The van der Waals surface area contributed by atoms with E-state index >= 15 is 0 Å². The van der Waals surface area contributed by atoms with Crippen molar-refractivity contribution >= 4 is 0 Å². The van der Waals surface area contributed by atoms with Crippen molar-refractivity contribution in [1.29, 1.82) is 0 Å². The highest BCUT2D eigenvalue weighted by atomic mass is 16.5. The van der Waals surface area contributed by atoms with Crippen LogP contribution in [0.5, 0.6) is 0 Å². The minimum absolute atomic E-state index is 0.479. The molecule has 23 heavy (non-hydrogen) atoms. The number of nitrogens with zero attached hydrogens (tertiary/aromatic N) is 3. The Kier molecular flexibility index (Phi) is 5.65. The first-order valence-corrected chi connectivity index (χ1v) is 9.15. The lowest BCUT2D eigenvalue weighted by atomic mass is 9.96. The summed E-state index contributed by atoms with van der Waals surface area (Å²) in [6.45, 7) is 6.93. The van der Waals surface area contributed by atoms with Crippen LogP contribution in [0, 0.1) is 5.92 Å². The largest absolute Gasteiger partial charge is 0.338 e. The van der Waals surface area contributed by atoms with E-state index in [1.54, 1.807) is 0 Å². The van der Waals surface area contributed by atoms with Gasteiger partial charge in [-0.2, -0.15) is 4.98 Å². The van der Waals surface area contributed by atoms with Crippen LogP contribution in [0.25, 0.3) is 0 Å². The van der Waals surface area contributed by atoms with Crippen LogP contribution in [-0.4, -0.2) is 27.1 Å². The van der Waals surface area contributed by atoms with Gasteiger partial charge in [0.25, 0.3) is 0 Å². The molecule has 0 saturated heterocycles. The monoisotopic (exact) mass is 315 g/mol. The maximum Gasteiger partial charge on any atom is 0.240 e. The zero-order chi connectivity index (χ0) is 16.1. The summed E-state index contributed by atoms with van der Waals surface area (Å²) in [5, 5.41) is 4.17. The molecular weight excluding hydrogens is 286 g/mol. The van der Waals surface area contributed by atoms with Gasteiger partial charge in [0, 0.05) is 18.5 Å². The molecule has 0 amide bonds. The highest BCUT2D eigenvalue weighted by molar-refractivity contribution is 5.05. The third-order valence-electron chi connectivity index (χ3n) is 4.95. The van der Waals surface area contributed by atoms with E-state index in [9.17, 15) is 0 Å². The van der Waals surface area contributed by atoms with E-state index in [2.05, 4.69) is 40.7 Å². The molecular formula is C19H29N3O. The van der Waals surface area contributed by atoms with E-state index in [1.165, 1.54) is 32.1 Å². The molecule has 126 valence electrons. The Morgan fingerprint density at radius 1 is 1.43 bits per heavy atom. The third-order valence-corrected chi connectivity index (χ3v) is 4.95. The molecule has 0 bridgehead atoms. The van der Waals surface area contributed by atoms with E-state index in [0.717, 1.165) is 43.4 Å². The van der Waals surface area contributed by atoms with Crippen LogP contribution in [0.3, 0.4) is 0 Å². The van der Waals surface area contributed by atoms with Crippen molar-refractivity contribution in [3.8, 4) is 0 Å². The summed E-state index contributed by atoms with van der Waals surface area (Å²) in [5.74, 6) is 2.45. The van der Waals surface area contributed by atoms with Crippen molar-refractivity contribution in [2.24, 2.45) is 5.92 Å². The first-order chi connectivity index (χ1) is 11.3. The van der Waals surface area contributed by atoms with Crippen molar-refractivity contribution in [3.05, 3.63) is 36.5 Å². The second kappa shape index (κ2) is 7.91. The van der Waals surface area contributed by atoms with Gasteiger partial charge >= 0.3 is 0 Å². The lowest BCUT2D eigenvalue weighted by Gasteiger charge is -2.38. The van der Waals surface area contributed by atoms with Gasteiger partial charge in [-0.25, -0.2) is 0 Å². The average Bonchev–Trinajstić information content (AvgIpc) is 3.26. The summed E-state index contributed by atoms with van der Waals surface area (Å²) in [6.07, 6.45) is 16.1. The molecule has 1 aliphatic heterocycles. The normalized spacial score (nSPS) is 24.9. The zero-order valence-corrected chi connectivity index (χ0v) is 14.3. The van der Waals surface area contributed by atoms with Gasteiger partial charge in [-0.1, -0.05) is 43.2 Å². The van der Waals surface area contributed by atoms with Crippen LogP contribution < -0.4 is 0 Å². The van der Waals surface area contributed by atoms with E-state index in [1.807, 2.05) is 6.08 Å².